The Kier molecular flexibility index (Phi) is 2.18. The van der Waals surface area contributed by atoms with E-state index < -0.39 is 0 Å². The summed E-state index contributed by atoms with van der Waals surface area (Å²) < 4.78 is 1.92. The van der Waals surface area contributed by atoms with Crippen molar-refractivity contribution in [3.8, 4) is 0 Å². The minimum atomic E-state index is -0.117. The van der Waals surface area contributed by atoms with Crippen LogP contribution in [0.15, 0.2) is 17.4 Å². The van der Waals surface area contributed by atoms with Crippen LogP contribution >= 0.6 is 0 Å². The van der Waals surface area contributed by atoms with Crippen LogP contribution in [0.4, 0.5) is 0 Å². The Morgan fingerprint density at radius 3 is 3.00 bits per heavy atom. The number of nitrogens with one attached hydrogen (secondary N) is 2. The van der Waals surface area contributed by atoms with Gasteiger partial charge in [-0.15, -0.1) is 0 Å². The van der Waals surface area contributed by atoms with Crippen LogP contribution < -0.4 is 10.9 Å². The maximum Gasteiger partial charge on any atom is 0.260 e. The third kappa shape index (κ3) is 1.73. The van der Waals surface area contributed by atoms with Gasteiger partial charge in [-0.2, -0.15) is 0 Å². The highest BCUT2D eigenvalue weighted by Gasteiger charge is 2.11. The third-order valence-corrected chi connectivity index (χ3v) is 2.01. The number of imidazole rings is 1. The summed E-state index contributed by atoms with van der Waals surface area (Å²) in [5.41, 5.74) is 5.24. The number of carbonyl (C=O) groups is 1. The number of hydrogen-bond donors (Lipinski definition) is 2. The lowest BCUT2D eigenvalue weighted by atomic mass is 10.3. The van der Waals surface area contributed by atoms with E-state index >= 15 is 0 Å². The van der Waals surface area contributed by atoms with E-state index in [-0.39, 0.29) is 12.5 Å². The van der Waals surface area contributed by atoms with Crippen molar-refractivity contribution >= 4 is 11.7 Å². The fraction of sp³-hybridized carbons (Fsp3) is 0.375. The van der Waals surface area contributed by atoms with Crippen LogP contribution in [-0.2, 0) is 18.3 Å². The number of amidine groups is 1. The predicted octanol–water partition coefficient (Wildman–Crippen LogP) is -1.00. The van der Waals surface area contributed by atoms with Gasteiger partial charge in [0.05, 0.1) is 6.42 Å². The molecule has 0 aromatic carbocycles. The maximum absolute atomic E-state index is 10.8. The van der Waals surface area contributed by atoms with Crippen LogP contribution in [0, 0.1) is 0 Å². The Balaban J connectivity index is 2.05. The molecule has 2 heterocycles. The minimum absolute atomic E-state index is 0.117. The Bertz CT molecular complexity index is 381. The first-order valence-corrected chi connectivity index (χ1v) is 4.30. The Labute approximate surface area is 81.0 Å². The number of carbonyl (C=O) groups excluding carboxylic acids is 1. The first-order valence-electron chi connectivity index (χ1n) is 4.30. The van der Waals surface area contributed by atoms with Crippen LogP contribution in [0.25, 0.3) is 0 Å². The fourth-order valence-corrected chi connectivity index (χ4v) is 1.20. The van der Waals surface area contributed by atoms with E-state index in [4.69, 9.17) is 0 Å². The number of aliphatic imine (C=N–C) groups is 1. The summed E-state index contributed by atoms with van der Waals surface area (Å²) in [6.45, 7) is 0.187. The quantitative estimate of drug-likeness (QED) is 0.632. The van der Waals surface area contributed by atoms with Gasteiger partial charge in [-0.3, -0.25) is 20.6 Å². The van der Waals surface area contributed by atoms with Crippen molar-refractivity contribution < 1.29 is 4.79 Å². The molecule has 0 aliphatic carbocycles. The number of amides is 1. The molecule has 0 bridgehead atoms. The number of hydrazine groups is 1. The van der Waals surface area contributed by atoms with Gasteiger partial charge in [-0.05, 0) is 0 Å². The number of nitrogens with zero attached hydrogens (tertiary/aromatic N) is 3. The van der Waals surface area contributed by atoms with E-state index in [1.807, 2.05) is 17.8 Å². The molecular formula is C8H11N5O. The average molecular weight is 193 g/mol. The molecule has 0 saturated heterocycles. The zero-order valence-electron chi connectivity index (χ0n) is 7.82. The Morgan fingerprint density at radius 2 is 2.43 bits per heavy atom. The van der Waals surface area contributed by atoms with Gasteiger partial charge in [-0.1, -0.05) is 0 Å². The zero-order valence-corrected chi connectivity index (χ0v) is 7.82. The molecule has 0 radical (unpaired) electrons. The van der Waals surface area contributed by atoms with E-state index in [0.29, 0.717) is 6.42 Å². The molecule has 0 saturated carbocycles. The molecule has 1 amide bonds. The summed E-state index contributed by atoms with van der Waals surface area (Å²) in [7, 11) is 1.92. The molecule has 0 fully saturated rings. The molecule has 0 atom stereocenters. The first-order chi connectivity index (χ1) is 6.75. The summed E-state index contributed by atoms with van der Waals surface area (Å²) in [4.78, 5) is 19.0. The lowest BCUT2D eigenvalue weighted by molar-refractivity contribution is -0.120. The van der Waals surface area contributed by atoms with Crippen molar-refractivity contribution in [3.05, 3.63) is 18.2 Å². The van der Waals surface area contributed by atoms with E-state index in [2.05, 4.69) is 20.8 Å². The van der Waals surface area contributed by atoms with Crippen molar-refractivity contribution in [2.45, 2.75) is 6.42 Å². The van der Waals surface area contributed by atoms with E-state index in [1.54, 1.807) is 6.20 Å². The highest BCUT2D eigenvalue weighted by atomic mass is 16.2. The summed E-state index contributed by atoms with van der Waals surface area (Å²) in [5, 5.41) is 0. The third-order valence-electron chi connectivity index (χ3n) is 2.01. The molecule has 1 aliphatic heterocycles. The molecule has 1 aromatic rings. The molecule has 0 spiro atoms. The van der Waals surface area contributed by atoms with Gasteiger partial charge in [0.15, 0.2) is 0 Å². The van der Waals surface area contributed by atoms with Crippen LogP contribution in [0.5, 0.6) is 0 Å². The molecule has 2 N–H and O–H groups in total. The Morgan fingerprint density at radius 1 is 1.57 bits per heavy atom. The zero-order chi connectivity index (χ0) is 9.97. The van der Waals surface area contributed by atoms with E-state index in [0.717, 1.165) is 11.7 Å². The van der Waals surface area contributed by atoms with Gasteiger partial charge in [0.1, 0.15) is 18.2 Å². The van der Waals surface area contributed by atoms with Crippen molar-refractivity contribution in [1.82, 2.24) is 20.4 Å². The van der Waals surface area contributed by atoms with Gasteiger partial charge in [-0.25, -0.2) is 4.98 Å². The number of aromatic nitrogens is 2. The number of aryl methyl sites for hydroxylation is 1. The van der Waals surface area contributed by atoms with Gasteiger partial charge in [0.2, 0.25) is 0 Å². The molecule has 6 nitrogen and oxygen atoms in total. The first kappa shape index (κ1) is 8.74. The van der Waals surface area contributed by atoms with Gasteiger partial charge in [0, 0.05) is 19.4 Å². The number of rotatable bonds is 2. The summed E-state index contributed by atoms with van der Waals surface area (Å²) in [6, 6.07) is 0. The predicted molar refractivity (Wildman–Crippen MR) is 50.5 cm³/mol. The summed E-state index contributed by atoms with van der Waals surface area (Å²) >= 11 is 0. The van der Waals surface area contributed by atoms with E-state index in [1.165, 1.54) is 0 Å². The SMILES string of the molecule is Cn1ccnc1CC1=NCC(=O)NN1. The Hall–Kier alpha value is -1.85. The molecule has 14 heavy (non-hydrogen) atoms. The maximum atomic E-state index is 10.8. The molecular weight excluding hydrogens is 182 g/mol. The van der Waals surface area contributed by atoms with Crippen LogP contribution in [0.2, 0.25) is 0 Å². The van der Waals surface area contributed by atoms with Gasteiger partial charge >= 0.3 is 0 Å². The molecule has 2 rings (SSSR count). The summed E-state index contributed by atoms with van der Waals surface area (Å²) in [5.74, 6) is 1.53. The van der Waals surface area contributed by atoms with Crippen molar-refractivity contribution in [1.29, 1.82) is 0 Å². The molecule has 6 heteroatoms. The topological polar surface area (TPSA) is 71.3 Å². The minimum Gasteiger partial charge on any atom is -0.338 e. The number of hydrogen-bond acceptors (Lipinski definition) is 4. The normalized spacial score (nSPS) is 15.8. The van der Waals surface area contributed by atoms with Crippen molar-refractivity contribution in [3.63, 3.8) is 0 Å². The van der Waals surface area contributed by atoms with Crippen LogP contribution in [0.3, 0.4) is 0 Å². The lowest BCUT2D eigenvalue weighted by Crippen LogP contribution is -2.47. The highest BCUT2D eigenvalue weighted by Crippen LogP contribution is 1.97. The second-order valence-electron chi connectivity index (χ2n) is 3.07. The lowest BCUT2D eigenvalue weighted by Gasteiger charge is -2.14. The standard InChI is InChI=1S/C8H11N5O/c1-13-3-2-9-7(13)4-6-10-5-8(14)12-11-6/h2-3H,4-5H2,1H3,(H,10,11)(H,12,14). The van der Waals surface area contributed by atoms with Crippen LogP contribution in [-0.4, -0.2) is 27.8 Å². The second kappa shape index (κ2) is 3.49. The van der Waals surface area contributed by atoms with Gasteiger partial charge in [0.25, 0.3) is 5.91 Å². The molecule has 1 aromatic heterocycles. The van der Waals surface area contributed by atoms with Crippen molar-refractivity contribution in [2.75, 3.05) is 6.54 Å². The summed E-state index contributed by atoms with van der Waals surface area (Å²) in [6.07, 6.45) is 4.21. The largest absolute Gasteiger partial charge is 0.338 e. The second-order valence-corrected chi connectivity index (χ2v) is 3.07. The average Bonchev–Trinajstić information content (AvgIpc) is 2.56. The molecule has 1 aliphatic rings. The molecule has 74 valence electrons. The molecule has 0 unspecified atom stereocenters. The highest BCUT2D eigenvalue weighted by molar-refractivity contribution is 5.92. The monoisotopic (exact) mass is 193 g/mol. The van der Waals surface area contributed by atoms with Crippen molar-refractivity contribution in [2.24, 2.45) is 12.0 Å². The van der Waals surface area contributed by atoms with Gasteiger partial charge < -0.3 is 4.57 Å². The smallest absolute Gasteiger partial charge is 0.260 e. The van der Waals surface area contributed by atoms with Crippen LogP contribution in [0.1, 0.15) is 5.82 Å². The fourth-order valence-electron chi connectivity index (χ4n) is 1.20. The van der Waals surface area contributed by atoms with E-state index in [9.17, 15) is 4.79 Å².